The molecule has 0 aromatic rings. The minimum atomic E-state index is -0.781. The molecule has 0 saturated carbocycles. The van der Waals surface area contributed by atoms with Gasteiger partial charge in [-0.3, -0.25) is 14.4 Å². The van der Waals surface area contributed by atoms with Crippen LogP contribution in [0.1, 0.15) is 323 Å². The summed E-state index contributed by atoms with van der Waals surface area (Å²) < 4.78 is 16.9. The molecule has 0 saturated heterocycles. The summed E-state index contributed by atoms with van der Waals surface area (Å²) in [6, 6.07) is 0. The summed E-state index contributed by atoms with van der Waals surface area (Å²) in [5, 5.41) is 0. The molecule has 6 heteroatoms. The van der Waals surface area contributed by atoms with Crippen LogP contribution >= 0.6 is 0 Å². The van der Waals surface area contributed by atoms with Gasteiger partial charge in [-0.2, -0.15) is 0 Å². The lowest BCUT2D eigenvalue weighted by Gasteiger charge is -2.18. The number of ether oxygens (including phenoxy) is 3. The summed E-state index contributed by atoms with van der Waals surface area (Å²) in [6.07, 6.45) is 84.6. The maximum Gasteiger partial charge on any atom is 0.306 e. The highest BCUT2D eigenvalue weighted by atomic mass is 16.6. The van der Waals surface area contributed by atoms with E-state index in [-0.39, 0.29) is 31.1 Å². The van der Waals surface area contributed by atoms with E-state index in [1.54, 1.807) is 0 Å². The van der Waals surface area contributed by atoms with E-state index in [1.807, 2.05) is 0 Å². The second-order valence-electron chi connectivity index (χ2n) is 21.6. The van der Waals surface area contributed by atoms with Crippen LogP contribution in [0.5, 0.6) is 0 Å². The Kier molecular flexibility index (Phi) is 61.2. The van der Waals surface area contributed by atoms with E-state index in [2.05, 4.69) is 106 Å². The fourth-order valence-corrected chi connectivity index (χ4v) is 9.27. The number of hydrogen-bond donors (Lipinski definition) is 0. The van der Waals surface area contributed by atoms with Crippen molar-refractivity contribution in [3.05, 3.63) is 85.1 Å². The minimum Gasteiger partial charge on any atom is -0.462 e. The molecule has 0 aromatic heterocycles. The van der Waals surface area contributed by atoms with E-state index in [0.717, 1.165) is 116 Å². The van der Waals surface area contributed by atoms with Crippen LogP contribution in [-0.2, 0) is 28.6 Å². The molecule has 1 atom stereocenters. The van der Waals surface area contributed by atoms with Crippen LogP contribution in [0.2, 0.25) is 0 Å². The quantitative estimate of drug-likeness (QED) is 0.0261. The summed E-state index contributed by atoms with van der Waals surface area (Å²) >= 11 is 0. The molecule has 0 N–H and O–H groups in total. The zero-order valence-corrected chi connectivity index (χ0v) is 50.3. The first kappa shape index (κ1) is 72.6. The Morgan fingerprint density at radius 2 is 0.513 bits per heavy atom. The van der Waals surface area contributed by atoms with Gasteiger partial charge in [-0.15, -0.1) is 0 Å². The fraction of sp³-hybridized carbons (Fsp3) is 0.757. The smallest absolute Gasteiger partial charge is 0.306 e. The van der Waals surface area contributed by atoms with Gasteiger partial charge in [0.1, 0.15) is 13.2 Å². The summed E-state index contributed by atoms with van der Waals surface area (Å²) in [7, 11) is 0. The molecule has 0 aromatic carbocycles. The predicted octanol–water partition coefficient (Wildman–Crippen LogP) is 22.3. The lowest BCUT2D eigenvalue weighted by molar-refractivity contribution is -0.167. The average molecular weight is 1060 g/mol. The second kappa shape index (κ2) is 64.1. The molecule has 0 amide bonds. The van der Waals surface area contributed by atoms with Crippen molar-refractivity contribution in [3.8, 4) is 0 Å². The van der Waals surface area contributed by atoms with Gasteiger partial charge in [0.05, 0.1) is 0 Å². The Hall–Kier alpha value is -3.41. The van der Waals surface area contributed by atoms with Crippen LogP contribution in [0.25, 0.3) is 0 Å². The monoisotopic (exact) mass is 1060 g/mol. The Morgan fingerprint density at radius 1 is 0.276 bits per heavy atom. The molecule has 0 fully saturated rings. The standard InChI is InChI=1S/C70H122O6/c1-4-7-10-13-16-19-22-25-27-28-29-30-31-32-33-34-35-36-37-38-39-40-41-42-44-45-48-51-54-57-60-63-69(72)75-66-67(65-74-68(71)62-59-56-53-50-47-24-21-18-15-12-9-6-3)76-70(73)64-61-58-55-52-49-46-43-26-23-20-17-14-11-8-5-2/h7,10,16-17,19-20,25-27,29-30,32-33,43,67H,4-6,8-9,11-15,18,21-24,28,31,34-42,44-66H2,1-3H3/b10-7-,19-16-,20-17-,27-25-,30-29-,33-32-,43-26-. The van der Waals surface area contributed by atoms with E-state index < -0.39 is 6.10 Å². The van der Waals surface area contributed by atoms with E-state index in [1.165, 1.54) is 167 Å². The van der Waals surface area contributed by atoms with Crippen molar-refractivity contribution in [2.45, 2.75) is 329 Å². The molecule has 0 aliphatic heterocycles. The van der Waals surface area contributed by atoms with E-state index in [0.29, 0.717) is 19.3 Å². The molecule has 0 aliphatic rings. The van der Waals surface area contributed by atoms with Gasteiger partial charge in [-0.05, 0) is 96.3 Å². The Balaban J connectivity index is 4.18. The third-order valence-corrected chi connectivity index (χ3v) is 14.1. The second-order valence-corrected chi connectivity index (χ2v) is 21.6. The topological polar surface area (TPSA) is 78.9 Å². The highest BCUT2D eigenvalue weighted by Gasteiger charge is 2.19. The van der Waals surface area contributed by atoms with Crippen LogP contribution in [0.3, 0.4) is 0 Å². The lowest BCUT2D eigenvalue weighted by Crippen LogP contribution is -2.30. The van der Waals surface area contributed by atoms with E-state index in [4.69, 9.17) is 14.2 Å². The highest BCUT2D eigenvalue weighted by molar-refractivity contribution is 5.71. The van der Waals surface area contributed by atoms with Gasteiger partial charge >= 0.3 is 17.9 Å². The van der Waals surface area contributed by atoms with E-state index >= 15 is 0 Å². The van der Waals surface area contributed by atoms with Crippen molar-refractivity contribution in [3.63, 3.8) is 0 Å². The maximum absolute atomic E-state index is 12.9. The number of allylic oxidation sites excluding steroid dienone is 14. The molecule has 6 nitrogen and oxygen atoms in total. The van der Waals surface area contributed by atoms with Crippen molar-refractivity contribution < 1.29 is 28.6 Å². The number of esters is 3. The van der Waals surface area contributed by atoms with Gasteiger partial charge in [0.15, 0.2) is 6.10 Å². The fourth-order valence-electron chi connectivity index (χ4n) is 9.27. The molecule has 0 heterocycles. The normalized spacial score (nSPS) is 12.6. The summed E-state index contributed by atoms with van der Waals surface area (Å²) in [5.41, 5.74) is 0. The number of carbonyl (C=O) groups is 3. The molecular weight excluding hydrogens is 937 g/mol. The van der Waals surface area contributed by atoms with Crippen molar-refractivity contribution >= 4 is 17.9 Å². The average Bonchev–Trinajstić information content (AvgIpc) is 3.42. The van der Waals surface area contributed by atoms with Gasteiger partial charge in [0.25, 0.3) is 0 Å². The summed E-state index contributed by atoms with van der Waals surface area (Å²) in [6.45, 7) is 6.52. The Morgan fingerprint density at radius 3 is 0.829 bits per heavy atom. The third-order valence-electron chi connectivity index (χ3n) is 14.1. The van der Waals surface area contributed by atoms with Gasteiger partial charge in [0, 0.05) is 19.3 Å². The Labute approximate surface area is 471 Å². The van der Waals surface area contributed by atoms with Gasteiger partial charge < -0.3 is 14.2 Å². The van der Waals surface area contributed by atoms with Crippen LogP contribution in [0.15, 0.2) is 85.1 Å². The molecule has 438 valence electrons. The molecule has 0 radical (unpaired) electrons. The maximum atomic E-state index is 12.9. The first-order valence-corrected chi connectivity index (χ1v) is 32.6. The molecule has 0 spiro atoms. The molecule has 0 rings (SSSR count). The molecule has 1 unspecified atom stereocenters. The molecular formula is C70H122O6. The van der Waals surface area contributed by atoms with Crippen molar-refractivity contribution in [1.29, 1.82) is 0 Å². The number of rotatable bonds is 59. The highest BCUT2D eigenvalue weighted by Crippen LogP contribution is 2.17. The van der Waals surface area contributed by atoms with Crippen molar-refractivity contribution in [2.24, 2.45) is 0 Å². The van der Waals surface area contributed by atoms with Crippen molar-refractivity contribution in [2.75, 3.05) is 13.2 Å². The zero-order chi connectivity index (χ0) is 55.0. The lowest BCUT2D eigenvalue weighted by atomic mass is 10.0. The zero-order valence-electron chi connectivity index (χ0n) is 50.3. The first-order valence-electron chi connectivity index (χ1n) is 32.6. The number of hydrogen-bond acceptors (Lipinski definition) is 6. The van der Waals surface area contributed by atoms with Crippen LogP contribution < -0.4 is 0 Å². The SMILES string of the molecule is CC/C=C\C/C=C\C/C=C\C/C=C\C/C=C\CCCCCCCCCCCCCCCCCC(=O)OCC(COC(=O)CCCCCCCCCCCCCC)OC(=O)CCCCCCC/C=C\C/C=C\CCCCC. The predicted molar refractivity (Wildman–Crippen MR) is 330 cm³/mol. The summed E-state index contributed by atoms with van der Waals surface area (Å²) in [5.74, 6) is -0.878. The minimum absolute atomic E-state index is 0.0776. The van der Waals surface area contributed by atoms with Crippen LogP contribution in [0, 0.1) is 0 Å². The van der Waals surface area contributed by atoms with Crippen molar-refractivity contribution in [1.82, 2.24) is 0 Å². The van der Waals surface area contributed by atoms with Gasteiger partial charge in [-0.25, -0.2) is 0 Å². The number of carbonyl (C=O) groups excluding carboxylic acids is 3. The number of unbranched alkanes of at least 4 members (excludes halogenated alkanes) is 34. The molecule has 0 bridgehead atoms. The first-order chi connectivity index (χ1) is 37.5. The molecule has 76 heavy (non-hydrogen) atoms. The third kappa shape index (κ3) is 61.4. The van der Waals surface area contributed by atoms with Gasteiger partial charge in [-0.1, -0.05) is 292 Å². The largest absolute Gasteiger partial charge is 0.462 e. The van der Waals surface area contributed by atoms with Gasteiger partial charge in [0.2, 0.25) is 0 Å². The summed E-state index contributed by atoms with van der Waals surface area (Å²) in [4.78, 5) is 38.2. The Bertz CT molecular complexity index is 1450. The van der Waals surface area contributed by atoms with E-state index in [9.17, 15) is 14.4 Å². The van der Waals surface area contributed by atoms with Crippen LogP contribution in [0.4, 0.5) is 0 Å². The molecule has 0 aliphatic carbocycles. The van der Waals surface area contributed by atoms with Crippen LogP contribution in [-0.4, -0.2) is 37.2 Å².